The molecule has 1 heterocycles. The lowest BCUT2D eigenvalue weighted by Crippen LogP contribution is -2.11. The lowest BCUT2D eigenvalue weighted by Gasteiger charge is -2.10. The topological polar surface area (TPSA) is 51.2 Å². The SMILES string of the molecule is O=C(C=Cc1ccccc1Cl)Nc1ncccc1OCc1ccccc1. The molecule has 0 aliphatic carbocycles. The van der Waals surface area contributed by atoms with E-state index in [2.05, 4.69) is 10.3 Å². The van der Waals surface area contributed by atoms with Crippen LogP contribution in [0.1, 0.15) is 11.1 Å². The van der Waals surface area contributed by atoms with Crippen LogP contribution >= 0.6 is 11.6 Å². The molecule has 0 radical (unpaired) electrons. The summed E-state index contributed by atoms with van der Waals surface area (Å²) in [5.41, 5.74) is 1.80. The van der Waals surface area contributed by atoms with E-state index in [4.69, 9.17) is 16.3 Å². The first-order valence-electron chi connectivity index (χ1n) is 8.08. The van der Waals surface area contributed by atoms with E-state index in [1.807, 2.05) is 48.5 Å². The van der Waals surface area contributed by atoms with E-state index >= 15 is 0 Å². The minimum absolute atomic E-state index is 0.312. The summed E-state index contributed by atoms with van der Waals surface area (Å²) in [5, 5.41) is 3.32. The smallest absolute Gasteiger partial charge is 0.249 e. The molecular formula is C21H17ClN2O2. The molecule has 1 aromatic heterocycles. The zero-order valence-corrected chi connectivity index (χ0v) is 14.7. The number of hydrogen-bond donors (Lipinski definition) is 1. The summed E-state index contributed by atoms with van der Waals surface area (Å²) in [6, 6.07) is 20.6. The normalized spacial score (nSPS) is 10.7. The number of nitrogens with zero attached hydrogens (tertiary/aromatic N) is 1. The molecule has 0 bridgehead atoms. The molecule has 26 heavy (non-hydrogen) atoms. The molecule has 0 saturated heterocycles. The average Bonchev–Trinajstić information content (AvgIpc) is 2.67. The van der Waals surface area contributed by atoms with Gasteiger partial charge in [-0.2, -0.15) is 0 Å². The minimum Gasteiger partial charge on any atom is -0.485 e. The van der Waals surface area contributed by atoms with Crippen molar-refractivity contribution in [3.05, 3.63) is 95.2 Å². The predicted molar refractivity (Wildman–Crippen MR) is 104 cm³/mol. The van der Waals surface area contributed by atoms with Gasteiger partial charge in [0.1, 0.15) is 6.61 Å². The third kappa shape index (κ3) is 4.94. The highest BCUT2D eigenvalue weighted by atomic mass is 35.5. The molecule has 0 spiro atoms. The van der Waals surface area contributed by atoms with Crippen LogP contribution in [0.15, 0.2) is 79.0 Å². The molecule has 0 atom stereocenters. The molecule has 0 saturated carbocycles. The van der Waals surface area contributed by atoms with Crippen LogP contribution in [0.5, 0.6) is 5.75 Å². The number of nitrogens with one attached hydrogen (secondary N) is 1. The third-order valence-electron chi connectivity index (χ3n) is 3.57. The van der Waals surface area contributed by atoms with Crippen molar-refractivity contribution in [3.63, 3.8) is 0 Å². The van der Waals surface area contributed by atoms with Crippen molar-refractivity contribution in [2.24, 2.45) is 0 Å². The number of anilines is 1. The Morgan fingerprint density at radius 3 is 2.62 bits per heavy atom. The molecule has 0 aliphatic heterocycles. The van der Waals surface area contributed by atoms with E-state index in [-0.39, 0.29) is 5.91 Å². The van der Waals surface area contributed by atoms with Gasteiger partial charge in [0.15, 0.2) is 11.6 Å². The Bertz CT molecular complexity index is 911. The Morgan fingerprint density at radius 1 is 1.04 bits per heavy atom. The third-order valence-corrected chi connectivity index (χ3v) is 3.91. The van der Waals surface area contributed by atoms with Crippen LogP contribution in [0.3, 0.4) is 0 Å². The minimum atomic E-state index is -0.312. The van der Waals surface area contributed by atoms with E-state index in [1.54, 1.807) is 30.5 Å². The van der Waals surface area contributed by atoms with Gasteiger partial charge >= 0.3 is 0 Å². The van der Waals surface area contributed by atoms with Crippen molar-refractivity contribution < 1.29 is 9.53 Å². The number of pyridine rings is 1. The van der Waals surface area contributed by atoms with Gasteiger partial charge < -0.3 is 10.1 Å². The highest BCUT2D eigenvalue weighted by Crippen LogP contribution is 2.22. The fourth-order valence-electron chi connectivity index (χ4n) is 2.27. The number of ether oxygens (including phenoxy) is 1. The van der Waals surface area contributed by atoms with Gasteiger partial charge in [0, 0.05) is 17.3 Å². The van der Waals surface area contributed by atoms with Crippen LogP contribution in [0.2, 0.25) is 5.02 Å². The Labute approximate surface area is 157 Å². The van der Waals surface area contributed by atoms with Gasteiger partial charge in [-0.3, -0.25) is 4.79 Å². The van der Waals surface area contributed by atoms with Crippen molar-refractivity contribution in [2.45, 2.75) is 6.61 Å². The lowest BCUT2D eigenvalue weighted by atomic mass is 10.2. The van der Waals surface area contributed by atoms with Gasteiger partial charge in [0.2, 0.25) is 5.91 Å². The second-order valence-corrected chi connectivity index (χ2v) is 5.88. The summed E-state index contributed by atoms with van der Waals surface area (Å²) in [7, 11) is 0. The number of halogens is 1. The molecule has 3 rings (SSSR count). The summed E-state index contributed by atoms with van der Waals surface area (Å²) >= 11 is 6.08. The van der Waals surface area contributed by atoms with Crippen LogP contribution in [0, 0.1) is 0 Å². The van der Waals surface area contributed by atoms with Crippen molar-refractivity contribution in [1.82, 2.24) is 4.98 Å². The zero-order chi connectivity index (χ0) is 18.2. The first-order chi connectivity index (χ1) is 12.7. The zero-order valence-electron chi connectivity index (χ0n) is 13.9. The Balaban J connectivity index is 1.66. The first kappa shape index (κ1) is 17.7. The second kappa shape index (κ2) is 8.83. The number of aromatic nitrogens is 1. The molecule has 5 heteroatoms. The van der Waals surface area contributed by atoms with Crippen LogP contribution in [0.4, 0.5) is 5.82 Å². The molecular weight excluding hydrogens is 348 g/mol. The van der Waals surface area contributed by atoms with E-state index in [0.717, 1.165) is 11.1 Å². The van der Waals surface area contributed by atoms with Gasteiger partial charge in [-0.15, -0.1) is 0 Å². The maximum atomic E-state index is 12.2. The van der Waals surface area contributed by atoms with E-state index in [1.165, 1.54) is 6.08 Å². The van der Waals surface area contributed by atoms with Crippen molar-refractivity contribution in [1.29, 1.82) is 0 Å². The first-order valence-corrected chi connectivity index (χ1v) is 8.45. The summed E-state index contributed by atoms with van der Waals surface area (Å²) < 4.78 is 5.78. The quantitative estimate of drug-likeness (QED) is 0.628. The maximum absolute atomic E-state index is 12.2. The molecule has 2 aromatic carbocycles. The molecule has 0 unspecified atom stereocenters. The number of rotatable bonds is 6. The Morgan fingerprint density at radius 2 is 1.81 bits per heavy atom. The highest BCUT2D eigenvalue weighted by molar-refractivity contribution is 6.32. The summed E-state index contributed by atoms with van der Waals surface area (Å²) in [5.74, 6) is 0.571. The van der Waals surface area contributed by atoms with Gasteiger partial charge in [-0.25, -0.2) is 4.98 Å². The fraction of sp³-hybridized carbons (Fsp3) is 0.0476. The average molecular weight is 365 g/mol. The van der Waals surface area contributed by atoms with Crippen molar-refractivity contribution in [3.8, 4) is 5.75 Å². The van der Waals surface area contributed by atoms with Crippen molar-refractivity contribution in [2.75, 3.05) is 5.32 Å². The summed E-state index contributed by atoms with van der Waals surface area (Å²) in [4.78, 5) is 16.4. The number of carbonyl (C=O) groups excluding carboxylic acids is 1. The molecule has 4 nitrogen and oxygen atoms in total. The van der Waals surface area contributed by atoms with Crippen LogP contribution in [0.25, 0.3) is 6.08 Å². The van der Waals surface area contributed by atoms with Gasteiger partial charge in [0.25, 0.3) is 0 Å². The maximum Gasteiger partial charge on any atom is 0.249 e. The van der Waals surface area contributed by atoms with Gasteiger partial charge in [0.05, 0.1) is 0 Å². The fourth-order valence-corrected chi connectivity index (χ4v) is 2.47. The lowest BCUT2D eigenvalue weighted by molar-refractivity contribution is -0.111. The molecule has 130 valence electrons. The van der Waals surface area contributed by atoms with E-state index in [0.29, 0.717) is 23.2 Å². The monoisotopic (exact) mass is 364 g/mol. The number of hydrogen-bond acceptors (Lipinski definition) is 3. The molecule has 1 N–H and O–H groups in total. The van der Waals surface area contributed by atoms with Crippen LogP contribution in [-0.4, -0.2) is 10.9 Å². The predicted octanol–water partition coefficient (Wildman–Crippen LogP) is 4.97. The van der Waals surface area contributed by atoms with E-state index < -0.39 is 0 Å². The molecule has 3 aromatic rings. The Kier molecular flexibility index (Phi) is 6.01. The number of benzene rings is 2. The van der Waals surface area contributed by atoms with Crippen LogP contribution in [-0.2, 0) is 11.4 Å². The van der Waals surface area contributed by atoms with Gasteiger partial charge in [-0.1, -0.05) is 60.1 Å². The standard InChI is InChI=1S/C21H17ClN2O2/c22-18-10-5-4-9-17(18)12-13-20(25)24-21-19(11-6-14-23-21)26-15-16-7-2-1-3-8-16/h1-14H,15H2,(H,23,24,25). The summed E-state index contributed by atoms with van der Waals surface area (Å²) in [6.45, 7) is 0.394. The molecule has 1 amide bonds. The Hall–Kier alpha value is -3.11. The van der Waals surface area contributed by atoms with E-state index in [9.17, 15) is 4.79 Å². The molecule has 0 fully saturated rings. The second-order valence-electron chi connectivity index (χ2n) is 5.47. The highest BCUT2D eigenvalue weighted by Gasteiger charge is 2.07. The number of amides is 1. The summed E-state index contributed by atoms with van der Waals surface area (Å²) in [6.07, 6.45) is 4.67. The van der Waals surface area contributed by atoms with Gasteiger partial charge in [-0.05, 0) is 35.4 Å². The van der Waals surface area contributed by atoms with Crippen LogP contribution < -0.4 is 10.1 Å². The number of carbonyl (C=O) groups is 1. The largest absolute Gasteiger partial charge is 0.485 e. The van der Waals surface area contributed by atoms with Crippen molar-refractivity contribution >= 4 is 29.4 Å². The molecule has 0 aliphatic rings.